The summed E-state index contributed by atoms with van der Waals surface area (Å²) >= 11 is 0. The molecule has 3 unspecified atom stereocenters. The highest BCUT2D eigenvalue weighted by Gasteiger charge is 2.34. The lowest BCUT2D eigenvalue weighted by molar-refractivity contribution is 0.137. The Balaban J connectivity index is 1.87. The summed E-state index contributed by atoms with van der Waals surface area (Å²) in [6.07, 6.45) is 10.9. The van der Waals surface area contributed by atoms with Crippen LogP contribution in [-0.2, 0) is 0 Å². The number of allylic oxidation sites excluding steroid dienone is 2. The lowest BCUT2D eigenvalue weighted by Gasteiger charge is -2.45. The molecular formula is C11H15N3. The largest absolute Gasteiger partial charge is 0.307 e. The van der Waals surface area contributed by atoms with Crippen molar-refractivity contribution >= 4 is 6.21 Å². The van der Waals surface area contributed by atoms with Gasteiger partial charge >= 0.3 is 0 Å². The van der Waals surface area contributed by atoms with E-state index in [4.69, 9.17) is 0 Å². The number of hydrogen-bond acceptors (Lipinski definition) is 3. The van der Waals surface area contributed by atoms with Crippen molar-refractivity contribution in [3.63, 3.8) is 0 Å². The zero-order valence-corrected chi connectivity index (χ0v) is 8.13. The number of nitrogens with one attached hydrogen (secondary N) is 1. The van der Waals surface area contributed by atoms with Gasteiger partial charge in [0.15, 0.2) is 0 Å². The molecule has 1 aliphatic carbocycles. The van der Waals surface area contributed by atoms with Gasteiger partial charge in [0.25, 0.3) is 0 Å². The molecule has 0 amide bonds. The Morgan fingerprint density at radius 2 is 2.21 bits per heavy atom. The van der Waals surface area contributed by atoms with E-state index in [-0.39, 0.29) is 0 Å². The number of piperazine rings is 1. The van der Waals surface area contributed by atoms with Gasteiger partial charge in [0.1, 0.15) is 0 Å². The monoisotopic (exact) mass is 189 g/mol. The molecule has 0 radical (unpaired) electrons. The van der Waals surface area contributed by atoms with Crippen LogP contribution in [0, 0.1) is 0 Å². The molecule has 0 aromatic carbocycles. The molecule has 3 heteroatoms. The van der Waals surface area contributed by atoms with Crippen molar-refractivity contribution in [1.82, 2.24) is 10.2 Å². The summed E-state index contributed by atoms with van der Waals surface area (Å²) in [7, 11) is 0. The van der Waals surface area contributed by atoms with Crippen molar-refractivity contribution in [2.24, 2.45) is 4.99 Å². The van der Waals surface area contributed by atoms with Crippen LogP contribution in [0.25, 0.3) is 0 Å². The smallest absolute Gasteiger partial charge is 0.0578 e. The molecule has 2 aliphatic heterocycles. The van der Waals surface area contributed by atoms with Crippen molar-refractivity contribution < 1.29 is 0 Å². The van der Waals surface area contributed by atoms with Gasteiger partial charge in [0.05, 0.1) is 12.6 Å². The Hall–Kier alpha value is -0.930. The Labute approximate surface area is 84.2 Å². The molecule has 14 heavy (non-hydrogen) atoms. The van der Waals surface area contributed by atoms with Crippen LogP contribution in [0.2, 0.25) is 0 Å². The molecular weight excluding hydrogens is 174 g/mol. The molecule has 0 aromatic heterocycles. The molecule has 0 aromatic rings. The zero-order valence-electron chi connectivity index (χ0n) is 8.13. The molecule has 1 N–H and O–H groups in total. The fourth-order valence-corrected chi connectivity index (χ4v) is 2.52. The maximum atomic E-state index is 4.35. The average Bonchev–Trinajstić information content (AvgIpc) is 2.29. The Morgan fingerprint density at radius 3 is 3.21 bits per heavy atom. The highest BCUT2D eigenvalue weighted by molar-refractivity contribution is 5.66. The molecule has 0 spiro atoms. The third-order valence-electron chi connectivity index (χ3n) is 3.24. The summed E-state index contributed by atoms with van der Waals surface area (Å²) in [6.45, 7) is 3.09. The molecule has 3 atom stereocenters. The molecule has 3 rings (SSSR count). The Morgan fingerprint density at radius 1 is 1.29 bits per heavy atom. The standard InChI is InChI=1S/C11H15N3/c1-2-4-11-10(3-1)13-8-9-7-12-5-6-14(9)11/h1-4,7,9-11,13H,5-6,8H2. The van der Waals surface area contributed by atoms with Crippen molar-refractivity contribution in [3.05, 3.63) is 24.3 Å². The lowest BCUT2D eigenvalue weighted by atomic mass is 9.95. The van der Waals surface area contributed by atoms with Gasteiger partial charge in [-0.15, -0.1) is 0 Å². The molecule has 2 heterocycles. The fourth-order valence-electron chi connectivity index (χ4n) is 2.52. The van der Waals surface area contributed by atoms with Crippen molar-refractivity contribution in [2.75, 3.05) is 19.6 Å². The summed E-state index contributed by atoms with van der Waals surface area (Å²) in [5.41, 5.74) is 0. The van der Waals surface area contributed by atoms with E-state index in [2.05, 4.69) is 45.7 Å². The lowest BCUT2D eigenvalue weighted by Crippen LogP contribution is -2.63. The van der Waals surface area contributed by atoms with Gasteiger partial charge < -0.3 is 5.32 Å². The van der Waals surface area contributed by atoms with Crippen molar-refractivity contribution in [1.29, 1.82) is 0 Å². The van der Waals surface area contributed by atoms with E-state index in [0.29, 0.717) is 18.1 Å². The average molecular weight is 189 g/mol. The maximum absolute atomic E-state index is 4.35. The van der Waals surface area contributed by atoms with E-state index in [1.54, 1.807) is 0 Å². The number of aliphatic imine (C=N–C) groups is 1. The number of fused-ring (bicyclic) bond motifs is 3. The molecule has 3 nitrogen and oxygen atoms in total. The van der Waals surface area contributed by atoms with E-state index in [9.17, 15) is 0 Å². The summed E-state index contributed by atoms with van der Waals surface area (Å²) in [5, 5.41) is 3.55. The molecule has 74 valence electrons. The highest BCUT2D eigenvalue weighted by Crippen LogP contribution is 2.20. The molecule has 1 saturated heterocycles. The second kappa shape index (κ2) is 3.33. The number of nitrogens with zero attached hydrogens (tertiary/aromatic N) is 2. The maximum Gasteiger partial charge on any atom is 0.0578 e. The van der Waals surface area contributed by atoms with Gasteiger partial charge in [-0.3, -0.25) is 9.89 Å². The van der Waals surface area contributed by atoms with Gasteiger partial charge in [-0.25, -0.2) is 0 Å². The van der Waals surface area contributed by atoms with Gasteiger partial charge in [-0.1, -0.05) is 24.3 Å². The molecule has 3 aliphatic rings. The van der Waals surface area contributed by atoms with Crippen LogP contribution in [0.5, 0.6) is 0 Å². The summed E-state index contributed by atoms with van der Waals surface area (Å²) in [5.74, 6) is 0. The van der Waals surface area contributed by atoms with E-state index in [0.717, 1.165) is 19.6 Å². The van der Waals surface area contributed by atoms with E-state index in [1.165, 1.54) is 0 Å². The van der Waals surface area contributed by atoms with Gasteiger partial charge in [0, 0.05) is 31.4 Å². The first-order valence-corrected chi connectivity index (χ1v) is 5.29. The van der Waals surface area contributed by atoms with Crippen LogP contribution in [-0.4, -0.2) is 48.9 Å². The minimum absolute atomic E-state index is 0.501. The van der Waals surface area contributed by atoms with Gasteiger partial charge in [-0.2, -0.15) is 0 Å². The first-order chi connectivity index (χ1) is 6.95. The van der Waals surface area contributed by atoms with Gasteiger partial charge in [-0.05, 0) is 0 Å². The normalized spacial score (nSPS) is 40.7. The number of hydrogen-bond donors (Lipinski definition) is 1. The van der Waals surface area contributed by atoms with E-state index >= 15 is 0 Å². The minimum atomic E-state index is 0.501. The summed E-state index contributed by atoms with van der Waals surface area (Å²) in [4.78, 5) is 6.90. The fraction of sp³-hybridized carbons (Fsp3) is 0.545. The van der Waals surface area contributed by atoms with Crippen LogP contribution < -0.4 is 5.32 Å². The molecule has 1 fully saturated rings. The number of rotatable bonds is 0. The highest BCUT2D eigenvalue weighted by atomic mass is 15.3. The second-order valence-corrected chi connectivity index (χ2v) is 4.05. The Kier molecular flexibility index (Phi) is 2.00. The van der Waals surface area contributed by atoms with Crippen LogP contribution in [0.1, 0.15) is 0 Å². The third kappa shape index (κ3) is 1.24. The molecule has 0 saturated carbocycles. The van der Waals surface area contributed by atoms with Crippen LogP contribution in [0.4, 0.5) is 0 Å². The predicted molar refractivity (Wildman–Crippen MR) is 57.7 cm³/mol. The van der Waals surface area contributed by atoms with Crippen LogP contribution >= 0.6 is 0 Å². The van der Waals surface area contributed by atoms with Crippen LogP contribution in [0.3, 0.4) is 0 Å². The topological polar surface area (TPSA) is 27.6 Å². The summed E-state index contributed by atoms with van der Waals surface area (Å²) < 4.78 is 0. The second-order valence-electron chi connectivity index (χ2n) is 4.05. The van der Waals surface area contributed by atoms with Crippen molar-refractivity contribution in [3.8, 4) is 0 Å². The first-order valence-electron chi connectivity index (χ1n) is 5.29. The molecule has 0 bridgehead atoms. The first kappa shape index (κ1) is 8.38. The van der Waals surface area contributed by atoms with E-state index in [1.807, 2.05) is 0 Å². The quantitative estimate of drug-likeness (QED) is 0.590. The Bertz CT molecular complexity index is 306. The van der Waals surface area contributed by atoms with Crippen molar-refractivity contribution in [2.45, 2.75) is 18.1 Å². The predicted octanol–water partition coefficient (Wildman–Crippen LogP) is 0.208. The third-order valence-corrected chi connectivity index (χ3v) is 3.24. The summed E-state index contributed by atoms with van der Waals surface area (Å²) in [6, 6.07) is 1.54. The van der Waals surface area contributed by atoms with E-state index < -0.39 is 0 Å². The zero-order chi connectivity index (χ0) is 9.38. The minimum Gasteiger partial charge on any atom is -0.307 e. The SMILES string of the molecule is C1=CC2NCC3C=NCCN3C2C=C1. The van der Waals surface area contributed by atoms with Gasteiger partial charge in [0.2, 0.25) is 0 Å². The van der Waals surface area contributed by atoms with Crippen LogP contribution in [0.15, 0.2) is 29.3 Å².